The number of hydrogen-bond acceptors (Lipinski definition) is 5. The number of aromatic nitrogens is 2. The smallest absolute Gasteiger partial charge is 0.237 e. The molecule has 1 atom stereocenters. The summed E-state index contributed by atoms with van der Waals surface area (Å²) in [6, 6.07) is 10.6. The summed E-state index contributed by atoms with van der Waals surface area (Å²) in [5, 5.41) is 0. The van der Waals surface area contributed by atoms with Crippen LogP contribution >= 0.6 is 0 Å². The first-order valence-corrected chi connectivity index (χ1v) is 11.1. The van der Waals surface area contributed by atoms with E-state index in [1.165, 1.54) is 11.1 Å². The largest absolute Gasteiger partial charge is 0.352 e. The SMILES string of the molecule is Cc1nc([C@H]2CCCCN2C(=O)CN(C)C)nc2c1CCCN2Cc1ccccc1. The van der Waals surface area contributed by atoms with Gasteiger partial charge in [-0.2, -0.15) is 0 Å². The number of piperidine rings is 1. The number of nitrogens with zero attached hydrogens (tertiary/aromatic N) is 5. The van der Waals surface area contributed by atoms with Crippen molar-refractivity contribution in [1.82, 2.24) is 19.8 Å². The third-order valence-electron chi connectivity index (χ3n) is 6.15. The zero-order valence-corrected chi connectivity index (χ0v) is 18.5. The predicted molar refractivity (Wildman–Crippen MR) is 119 cm³/mol. The Bertz CT molecular complexity index is 883. The van der Waals surface area contributed by atoms with E-state index in [0.29, 0.717) is 6.54 Å². The first-order chi connectivity index (χ1) is 14.5. The van der Waals surface area contributed by atoms with Crippen LogP contribution in [-0.4, -0.2) is 59.4 Å². The van der Waals surface area contributed by atoms with Crippen molar-refractivity contribution in [2.24, 2.45) is 0 Å². The minimum Gasteiger partial charge on any atom is -0.352 e. The third kappa shape index (κ3) is 4.48. The third-order valence-corrected chi connectivity index (χ3v) is 6.15. The molecule has 0 spiro atoms. The Morgan fingerprint density at radius 3 is 2.67 bits per heavy atom. The average Bonchev–Trinajstić information content (AvgIpc) is 2.74. The Labute approximate surface area is 179 Å². The number of hydrogen-bond donors (Lipinski definition) is 0. The maximum absolute atomic E-state index is 12.9. The summed E-state index contributed by atoms with van der Waals surface area (Å²) in [5.41, 5.74) is 3.63. The van der Waals surface area contributed by atoms with E-state index in [1.54, 1.807) is 0 Å². The van der Waals surface area contributed by atoms with Gasteiger partial charge in [0.1, 0.15) is 5.82 Å². The molecule has 2 aliphatic rings. The molecule has 0 N–H and O–H groups in total. The van der Waals surface area contributed by atoms with E-state index < -0.39 is 0 Å². The molecule has 1 fully saturated rings. The highest BCUT2D eigenvalue weighted by Gasteiger charge is 2.32. The lowest BCUT2D eigenvalue weighted by molar-refractivity contribution is -0.135. The van der Waals surface area contributed by atoms with Crippen molar-refractivity contribution in [2.45, 2.75) is 51.6 Å². The number of aryl methyl sites for hydroxylation is 1. The summed E-state index contributed by atoms with van der Waals surface area (Å²) in [6.45, 7) is 5.19. The molecule has 3 heterocycles. The van der Waals surface area contributed by atoms with Crippen LogP contribution < -0.4 is 4.90 Å². The number of likely N-dealkylation sites (tertiary alicyclic amines) is 1. The highest BCUT2D eigenvalue weighted by Crippen LogP contribution is 2.34. The first-order valence-electron chi connectivity index (χ1n) is 11.1. The van der Waals surface area contributed by atoms with Crippen molar-refractivity contribution in [3.8, 4) is 0 Å². The van der Waals surface area contributed by atoms with E-state index in [9.17, 15) is 4.79 Å². The molecule has 30 heavy (non-hydrogen) atoms. The Balaban J connectivity index is 1.65. The molecule has 4 rings (SSSR count). The van der Waals surface area contributed by atoms with E-state index in [-0.39, 0.29) is 11.9 Å². The van der Waals surface area contributed by atoms with Crippen LogP contribution in [0.15, 0.2) is 30.3 Å². The van der Waals surface area contributed by atoms with Crippen molar-refractivity contribution >= 4 is 11.7 Å². The van der Waals surface area contributed by atoms with Crippen LogP contribution in [0.5, 0.6) is 0 Å². The Morgan fingerprint density at radius 1 is 1.10 bits per heavy atom. The highest BCUT2D eigenvalue weighted by atomic mass is 16.2. The van der Waals surface area contributed by atoms with Crippen LogP contribution in [0, 0.1) is 6.92 Å². The lowest BCUT2D eigenvalue weighted by Crippen LogP contribution is -2.43. The van der Waals surface area contributed by atoms with Gasteiger partial charge in [-0.3, -0.25) is 4.79 Å². The molecule has 6 heteroatoms. The van der Waals surface area contributed by atoms with Crippen LogP contribution in [0.3, 0.4) is 0 Å². The number of amides is 1. The number of fused-ring (bicyclic) bond motifs is 1. The zero-order chi connectivity index (χ0) is 21.1. The summed E-state index contributed by atoms with van der Waals surface area (Å²) in [7, 11) is 3.88. The van der Waals surface area contributed by atoms with E-state index in [1.807, 2.05) is 23.9 Å². The number of anilines is 1. The van der Waals surface area contributed by atoms with Gasteiger partial charge in [-0.05, 0) is 58.7 Å². The molecule has 0 bridgehead atoms. The van der Waals surface area contributed by atoms with Crippen LogP contribution in [0.1, 0.15) is 54.4 Å². The topological polar surface area (TPSA) is 52.6 Å². The first kappa shape index (κ1) is 20.8. The molecule has 1 amide bonds. The van der Waals surface area contributed by atoms with E-state index in [2.05, 4.69) is 42.2 Å². The molecule has 160 valence electrons. The van der Waals surface area contributed by atoms with Crippen LogP contribution in [0.4, 0.5) is 5.82 Å². The second kappa shape index (κ2) is 9.13. The number of benzene rings is 1. The molecule has 1 aromatic heterocycles. The number of carbonyl (C=O) groups excluding carboxylic acids is 1. The molecule has 6 nitrogen and oxygen atoms in total. The quantitative estimate of drug-likeness (QED) is 0.761. The fourth-order valence-corrected chi connectivity index (χ4v) is 4.68. The van der Waals surface area contributed by atoms with E-state index in [0.717, 1.165) is 69.1 Å². The van der Waals surface area contributed by atoms with Gasteiger partial charge in [0.15, 0.2) is 5.82 Å². The molecule has 0 aliphatic carbocycles. The van der Waals surface area contributed by atoms with Gasteiger partial charge in [-0.1, -0.05) is 30.3 Å². The monoisotopic (exact) mass is 407 g/mol. The number of rotatable bonds is 5. The molecule has 1 saturated heterocycles. The highest BCUT2D eigenvalue weighted by molar-refractivity contribution is 5.78. The van der Waals surface area contributed by atoms with E-state index in [4.69, 9.17) is 9.97 Å². The molecular formula is C24H33N5O. The Hall–Kier alpha value is -2.47. The summed E-state index contributed by atoms with van der Waals surface area (Å²) in [6.07, 6.45) is 5.26. The van der Waals surface area contributed by atoms with Crippen LogP contribution in [0.2, 0.25) is 0 Å². The molecule has 1 aromatic carbocycles. The molecule has 0 unspecified atom stereocenters. The number of likely N-dealkylation sites (N-methyl/N-ethyl adjacent to an activating group) is 1. The lowest BCUT2D eigenvalue weighted by atomic mass is 9.99. The van der Waals surface area contributed by atoms with Crippen molar-refractivity contribution < 1.29 is 4.79 Å². The van der Waals surface area contributed by atoms with Crippen LogP contribution in [-0.2, 0) is 17.8 Å². The van der Waals surface area contributed by atoms with Crippen molar-refractivity contribution in [3.05, 3.63) is 53.0 Å². The van der Waals surface area contributed by atoms with Crippen molar-refractivity contribution in [1.29, 1.82) is 0 Å². The minimum atomic E-state index is -0.0179. The van der Waals surface area contributed by atoms with Gasteiger partial charge in [-0.15, -0.1) is 0 Å². The van der Waals surface area contributed by atoms with Crippen molar-refractivity contribution in [2.75, 3.05) is 38.6 Å². The maximum Gasteiger partial charge on any atom is 0.237 e. The second-order valence-electron chi connectivity index (χ2n) is 8.82. The minimum absolute atomic E-state index is 0.0179. The van der Waals surface area contributed by atoms with E-state index >= 15 is 0 Å². The fourth-order valence-electron chi connectivity index (χ4n) is 4.68. The van der Waals surface area contributed by atoms with Gasteiger partial charge >= 0.3 is 0 Å². The Morgan fingerprint density at radius 2 is 1.90 bits per heavy atom. The summed E-state index contributed by atoms with van der Waals surface area (Å²) < 4.78 is 0. The summed E-state index contributed by atoms with van der Waals surface area (Å²) in [4.78, 5) is 29.2. The number of carbonyl (C=O) groups is 1. The maximum atomic E-state index is 12.9. The summed E-state index contributed by atoms with van der Waals surface area (Å²) in [5.74, 6) is 2.06. The lowest BCUT2D eigenvalue weighted by Gasteiger charge is -2.37. The fraction of sp³-hybridized carbons (Fsp3) is 0.542. The second-order valence-corrected chi connectivity index (χ2v) is 8.82. The standard InChI is InChI=1S/C24H33N5O/c1-18-20-12-9-14-28(16-19-10-5-4-6-11-19)24(20)26-23(25-18)21-13-7-8-15-29(21)22(30)17-27(2)3/h4-6,10-11,21H,7-9,12-17H2,1-3H3/t21-/m1/s1. The van der Waals surface area contributed by atoms with Gasteiger partial charge in [0.05, 0.1) is 12.6 Å². The molecular weight excluding hydrogens is 374 g/mol. The predicted octanol–water partition coefficient (Wildman–Crippen LogP) is 3.35. The van der Waals surface area contributed by atoms with Gasteiger partial charge in [-0.25, -0.2) is 9.97 Å². The molecule has 2 aliphatic heterocycles. The normalized spacial score (nSPS) is 19.1. The van der Waals surface area contributed by atoms with Crippen LogP contribution in [0.25, 0.3) is 0 Å². The van der Waals surface area contributed by atoms with Gasteiger partial charge in [0.2, 0.25) is 5.91 Å². The molecule has 0 radical (unpaired) electrons. The zero-order valence-electron chi connectivity index (χ0n) is 18.5. The summed E-state index contributed by atoms with van der Waals surface area (Å²) >= 11 is 0. The molecule has 0 saturated carbocycles. The molecule has 2 aromatic rings. The van der Waals surface area contributed by atoms with Gasteiger partial charge in [0, 0.05) is 30.9 Å². The van der Waals surface area contributed by atoms with Crippen molar-refractivity contribution in [3.63, 3.8) is 0 Å². The Kier molecular flexibility index (Phi) is 6.32. The van der Waals surface area contributed by atoms with Gasteiger partial charge < -0.3 is 14.7 Å². The average molecular weight is 408 g/mol. The van der Waals surface area contributed by atoms with Gasteiger partial charge in [0.25, 0.3) is 0 Å².